The first-order valence-electron chi connectivity index (χ1n) is 8.10. The minimum Gasteiger partial charge on any atom is -0.493 e. The van der Waals surface area contributed by atoms with Crippen LogP contribution in [-0.4, -0.2) is 31.0 Å². The fraction of sp³-hybridized carbons (Fsp3) is 0.263. The summed E-state index contributed by atoms with van der Waals surface area (Å²) in [5.74, 6) is 0.165. The molecule has 2 aromatic rings. The van der Waals surface area contributed by atoms with Gasteiger partial charge >= 0.3 is 0 Å². The number of hydrogen-bond acceptors (Lipinski definition) is 3. The molecule has 0 bridgehead atoms. The topological polar surface area (TPSA) is 58.6 Å². The third-order valence-electron chi connectivity index (χ3n) is 4.01. The minimum absolute atomic E-state index is 0.0801. The SMILES string of the molecule is CCOc1ccccc1C(=O)NC1CCN(c2ccccc2)C1=O. The van der Waals surface area contributed by atoms with Gasteiger partial charge in [-0.15, -0.1) is 0 Å². The van der Waals surface area contributed by atoms with E-state index in [1.807, 2.05) is 43.3 Å². The lowest BCUT2D eigenvalue weighted by atomic mass is 10.1. The molecular weight excluding hydrogens is 304 g/mol. The summed E-state index contributed by atoms with van der Waals surface area (Å²) >= 11 is 0. The Balaban J connectivity index is 1.71. The van der Waals surface area contributed by atoms with E-state index in [4.69, 9.17) is 4.74 Å². The summed E-state index contributed by atoms with van der Waals surface area (Å²) in [5, 5.41) is 2.83. The molecule has 1 unspecified atom stereocenters. The average Bonchev–Trinajstić information content (AvgIpc) is 2.97. The molecule has 1 fully saturated rings. The van der Waals surface area contributed by atoms with Crippen molar-refractivity contribution in [2.24, 2.45) is 0 Å². The molecule has 1 atom stereocenters. The predicted molar refractivity (Wildman–Crippen MR) is 92.3 cm³/mol. The summed E-state index contributed by atoms with van der Waals surface area (Å²) in [6.07, 6.45) is 0.594. The summed E-state index contributed by atoms with van der Waals surface area (Å²) in [7, 11) is 0. The number of rotatable bonds is 5. The Morgan fingerprint density at radius 1 is 1.17 bits per heavy atom. The van der Waals surface area contributed by atoms with Gasteiger partial charge < -0.3 is 15.0 Å². The molecule has 0 radical (unpaired) electrons. The van der Waals surface area contributed by atoms with Crippen LogP contribution in [0.25, 0.3) is 0 Å². The zero-order chi connectivity index (χ0) is 16.9. The molecule has 0 saturated carbocycles. The normalized spacial score (nSPS) is 17.0. The van der Waals surface area contributed by atoms with E-state index >= 15 is 0 Å². The number of carbonyl (C=O) groups is 2. The Bertz CT molecular complexity index is 730. The van der Waals surface area contributed by atoms with Gasteiger partial charge in [0.25, 0.3) is 5.91 Å². The van der Waals surface area contributed by atoms with Gasteiger partial charge in [-0.3, -0.25) is 9.59 Å². The van der Waals surface area contributed by atoms with E-state index in [1.54, 1.807) is 23.1 Å². The highest BCUT2D eigenvalue weighted by Gasteiger charge is 2.34. The highest BCUT2D eigenvalue weighted by atomic mass is 16.5. The average molecular weight is 324 g/mol. The number of para-hydroxylation sites is 2. The van der Waals surface area contributed by atoms with Gasteiger partial charge in [-0.2, -0.15) is 0 Å². The summed E-state index contributed by atoms with van der Waals surface area (Å²) in [5.41, 5.74) is 1.30. The lowest BCUT2D eigenvalue weighted by Crippen LogP contribution is -2.41. The summed E-state index contributed by atoms with van der Waals surface area (Å²) < 4.78 is 5.48. The molecule has 3 rings (SSSR count). The van der Waals surface area contributed by atoms with E-state index in [9.17, 15) is 9.59 Å². The number of ether oxygens (including phenoxy) is 1. The van der Waals surface area contributed by atoms with E-state index < -0.39 is 6.04 Å². The molecule has 1 saturated heterocycles. The number of anilines is 1. The van der Waals surface area contributed by atoms with Crippen molar-refractivity contribution in [2.45, 2.75) is 19.4 Å². The molecule has 1 aliphatic heterocycles. The maximum absolute atomic E-state index is 12.6. The van der Waals surface area contributed by atoms with Gasteiger partial charge in [0.1, 0.15) is 11.8 Å². The van der Waals surface area contributed by atoms with Gasteiger partial charge in [0, 0.05) is 12.2 Å². The van der Waals surface area contributed by atoms with E-state index in [-0.39, 0.29) is 11.8 Å². The lowest BCUT2D eigenvalue weighted by molar-refractivity contribution is -0.118. The van der Waals surface area contributed by atoms with E-state index in [2.05, 4.69) is 5.32 Å². The van der Waals surface area contributed by atoms with Crippen LogP contribution in [0.5, 0.6) is 5.75 Å². The highest BCUT2D eigenvalue weighted by molar-refractivity contribution is 6.04. The van der Waals surface area contributed by atoms with Crippen LogP contribution in [0.3, 0.4) is 0 Å². The second-order valence-corrected chi connectivity index (χ2v) is 5.57. The van der Waals surface area contributed by atoms with Crippen LogP contribution in [-0.2, 0) is 4.79 Å². The molecule has 124 valence electrons. The van der Waals surface area contributed by atoms with Crippen LogP contribution in [0.4, 0.5) is 5.69 Å². The van der Waals surface area contributed by atoms with Crippen LogP contribution in [0.15, 0.2) is 54.6 Å². The number of carbonyl (C=O) groups excluding carboxylic acids is 2. The fourth-order valence-electron chi connectivity index (χ4n) is 2.85. The molecule has 24 heavy (non-hydrogen) atoms. The van der Waals surface area contributed by atoms with Gasteiger partial charge in [-0.1, -0.05) is 30.3 Å². The van der Waals surface area contributed by atoms with E-state index in [1.165, 1.54) is 0 Å². The lowest BCUT2D eigenvalue weighted by Gasteiger charge is -2.17. The molecule has 0 aromatic heterocycles. The molecule has 5 heteroatoms. The Hall–Kier alpha value is -2.82. The van der Waals surface area contributed by atoms with Gasteiger partial charge in [0.2, 0.25) is 5.91 Å². The Kier molecular flexibility index (Phi) is 4.79. The van der Waals surface area contributed by atoms with Crippen molar-refractivity contribution in [1.29, 1.82) is 0 Å². The van der Waals surface area contributed by atoms with Crippen LogP contribution < -0.4 is 15.0 Å². The molecule has 1 aliphatic rings. The van der Waals surface area contributed by atoms with E-state index in [0.29, 0.717) is 30.9 Å². The van der Waals surface area contributed by atoms with Crippen LogP contribution >= 0.6 is 0 Å². The van der Waals surface area contributed by atoms with Crippen molar-refractivity contribution in [3.05, 3.63) is 60.2 Å². The summed E-state index contributed by atoms with van der Waals surface area (Å²) in [6, 6.07) is 16.0. The second-order valence-electron chi connectivity index (χ2n) is 5.57. The predicted octanol–water partition coefficient (Wildman–Crippen LogP) is 2.62. The molecule has 0 aliphatic carbocycles. The fourth-order valence-corrected chi connectivity index (χ4v) is 2.85. The van der Waals surface area contributed by atoms with Crippen molar-refractivity contribution < 1.29 is 14.3 Å². The Labute approximate surface area is 141 Å². The summed E-state index contributed by atoms with van der Waals surface area (Å²) in [4.78, 5) is 26.8. The second kappa shape index (κ2) is 7.17. The molecule has 2 amide bonds. The Morgan fingerprint density at radius 2 is 1.88 bits per heavy atom. The van der Waals surface area contributed by atoms with Crippen LogP contribution in [0.1, 0.15) is 23.7 Å². The highest BCUT2D eigenvalue weighted by Crippen LogP contribution is 2.22. The maximum Gasteiger partial charge on any atom is 0.255 e. The zero-order valence-electron chi connectivity index (χ0n) is 13.6. The first-order valence-corrected chi connectivity index (χ1v) is 8.10. The molecule has 1 N–H and O–H groups in total. The van der Waals surface area contributed by atoms with Gasteiger partial charge in [0.05, 0.1) is 12.2 Å². The van der Waals surface area contributed by atoms with Crippen molar-refractivity contribution in [2.75, 3.05) is 18.1 Å². The van der Waals surface area contributed by atoms with Crippen LogP contribution in [0, 0.1) is 0 Å². The van der Waals surface area contributed by atoms with Crippen LogP contribution in [0.2, 0.25) is 0 Å². The molecule has 0 spiro atoms. The van der Waals surface area contributed by atoms with Crippen molar-refractivity contribution >= 4 is 17.5 Å². The standard InChI is InChI=1S/C19H20N2O3/c1-2-24-17-11-7-6-10-15(17)18(22)20-16-12-13-21(19(16)23)14-8-4-3-5-9-14/h3-11,16H,2,12-13H2,1H3,(H,20,22). The van der Waals surface area contributed by atoms with E-state index in [0.717, 1.165) is 5.69 Å². The number of hydrogen-bond donors (Lipinski definition) is 1. The van der Waals surface area contributed by atoms with Gasteiger partial charge in [0.15, 0.2) is 0 Å². The number of nitrogens with zero attached hydrogens (tertiary/aromatic N) is 1. The number of benzene rings is 2. The number of amides is 2. The van der Waals surface area contributed by atoms with Crippen molar-refractivity contribution in [3.63, 3.8) is 0 Å². The minimum atomic E-state index is -0.507. The van der Waals surface area contributed by atoms with Crippen molar-refractivity contribution in [1.82, 2.24) is 5.32 Å². The first-order chi connectivity index (χ1) is 11.7. The first kappa shape index (κ1) is 16.1. The summed E-state index contributed by atoms with van der Waals surface area (Å²) in [6.45, 7) is 2.95. The maximum atomic E-state index is 12.6. The third-order valence-corrected chi connectivity index (χ3v) is 4.01. The monoisotopic (exact) mass is 324 g/mol. The Morgan fingerprint density at radius 3 is 2.62 bits per heavy atom. The molecule has 5 nitrogen and oxygen atoms in total. The largest absolute Gasteiger partial charge is 0.493 e. The number of nitrogens with one attached hydrogen (secondary N) is 1. The molecule has 2 aromatic carbocycles. The molecular formula is C19H20N2O3. The van der Waals surface area contributed by atoms with Gasteiger partial charge in [-0.05, 0) is 37.6 Å². The van der Waals surface area contributed by atoms with Gasteiger partial charge in [-0.25, -0.2) is 0 Å². The quantitative estimate of drug-likeness (QED) is 0.920. The van der Waals surface area contributed by atoms with Crippen molar-refractivity contribution in [3.8, 4) is 5.75 Å². The third kappa shape index (κ3) is 3.25. The smallest absolute Gasteiger partial charge is 0.255 e. The zero-order valence-corrected chi connectivity index (χ0v) is 13.6. The molecule has 1 heterocycles.